The average Bonchev–Trinajstić information content (AvgIpc) is 3.30. The monoisotopic (exact) mass is 536 g/mol. The van der Waals surface area contributed by atoms with Crippen molar-refractivity contribution >= 4 is 39.3 Å². The van der Waals surface area contributed by atoms with Crippen LogP contribution in [0.2, 0.25) is 0 Å². The molecule has 5 rings (SSSR count). The Morgan fingerprint density at radius 2 is 1.87 bits per heavy atom. The Bertz CT molecular complexity index is 1290. The molecule has 1 saturated heterocycles. The summed E-state index contributed by atoms with van der Waals surface area (Å²) in [6, 6.07) is 2.13. The van der Waals surface area contributed by atoms with Gasteiger partial charge < -0.3 is 19.3 Å². The molecule has 1 fully saturated rings. The number of fused-ring (bicyclic) bond motifs is 1. The molecule has 0 N–H and O–H groups in total. The van der Waals surface area contributed by atoms with Gasteiger partial charge in [0.25, 0.3) is 5.19 Å². The number of aromatic nitrogens is 4. The number of carbonyl (C=O) groups excluding carboxylic acids is 1. The second-order valence-corrected chi connectivity index (χ2v) is 11.9. The van der Waals surface area contributed by atoms with Gasteiger partial charge in [0, 0.05) is 57.6 Å². The SMILES string of the molecule is CCCc1cnc(N2CCC(Oc3nc4ncc(C5=CCN(C(=O)OC(C)(C)C)CC5)cc4s3)CC2)nc1. The van der Waals surface area contributed by atoms with Crippen molar-refractivity contribution < 1.29 is 14.3 Å². The van der Waals surface area contributed by atoms with E-state index in [0.717, 1.165) is 61.4 Å². The first kappa shape index (κ1) is 26.3. The molecule has 2 aliphatic heterocycles. The molecule has 0 aliphatic carbocycles. The molecule has 202 valence electrons. The van der Waals surface area contributed by atoms with E-state index < -0.39 is 5.60 Å². The van der Waals surface area contributed by atoms with E-state index in [1.54, 1.807) is 4.90 Å². The van der Waals surface area contributed by atoms with Gasteiger partial charge in [0.15, 0.2) is 5.65 Å². The Hall–Kier alpha value is -3.27. The highest BCUT2D eigenvalue weighted by atomic mass is 32.1. The highest BCUT2D eigenvalue weighted by molar-refractivity contribution is 7.20. The summed E-state index contributed by atoms with van der Waals surface area (Å²) in [7, 11) is 0. The number of hydrogen-bond donors (Lipinski definition) is 0. The summed E-state index contributed by atoms with van der Waals surface area (Å²) in [5.41, 5.74) is 3.65. The Morgan fingerprint density at radius 1 is 1.11 bits per heavy atom. The molecule has 3 aromatic heterocycles. The molecule has 2 aliphatic rings. The first-order valence-corrected chi connectivity index (χ1v) is 14.3. The van der Waals surface area contributed by atoms with Crippen LogP contribution in [0.3, 0.4) is 0 Å². The van der Waals surface area contributed by atoms with Crippen LogP contribution in [0.15, 0.2) is 30.7 Å². The molecule has 0 bridgehead atoms. The molecule has 9 nitrogen and oxygen atoms in total. The Kier molecular flexibility index (Phi) is 7.78. The van der Waals surface area contributed by atoms with E-state index in [1.165, 1.54) is 22.5 Å². The molecule has 0 radical (unpaired) electrons. The van der Waals surface area contributed by atoms with Crippen LogP contribution in [0.4, 0.5) is 10.7 Å². The second-order valence-electron chi connectivity index (χ2n) is 10.9. The number of pyridine rings is 1. The summed E-state index contributed by atoms with van der Waals surface area (Å²) in [6.45, 7) is 10.7. The maximum atomic E-state index is 12.4. The number of rotatable bonds is 6. The lowest BCUT2D eigenvalue weighted by Crippen LogP contribution is -2.39. The number of nitrogens with zero attached hydrogens (tertiary/aromatic N) is 6. The lowest BCUT2D eigenvalue weighted by Gasteiger charge is -2.31. The molecular formula is C28H36N6O3S. The van der Waals surface area contributed by atoms with Crippen molar-refractivity contribution in [3.05, 3.63) is 41.9 Å². The number of thiazole rings is 1. The number of ether oxygens (including phenoxy) is 2. The minimum atomic E-state index is -0.492. The fraction of sp³-hybridized carbons (Fsp3) is 0.536. The van der Waals surface area contributed by atoms with E-state index in [2.05, 4.69) is 43.9 Å². The number of amides is 1. The molecule has 0 atom stereocenters. The van der Waals surface area contributed by atoms with Crippen LogP contribution in [0.1, 0.15) is 64.5 Å². The second kappa shape index (κ2) is 11.2. The standard InChI is InChI=1S/C28H36N6O3S/c1-5-6-19-16-30-25(31-17-19)33-13-9-22(10-14-33)36-26-32-24-23(38-26)15-21(18-29-24)20-7-11-34(12-8-20)27(35)37-28(2,3)4/h7,15-18,22H,5-6,8-14H2,1-4H3. The topological polar surface area (TPSA) is 93.6 Å². The summed E-state index contributed by atoms with van der Waals surface area (Å²) >= 11 is 1.54. The molecule has 0 aromatic carbocycles. The number of piperidine rings is 1. The molecule has 1 amide bonds. The fourth-order valence-electron chi connectivity index (χ4n) is 4.69. The van der Waals surface area contributed by atoms with Crippen LogP contribution < -0.4 is 9.64 Å². The molecule has 0 spiro atoms. The average molecular weight is 537 g/mol. The number of anilines is 1. The fourth-order valence-corrected chi connectivity index (χ4v) is 5.57. The van der Waals surface area contributed by atoms with Crippen molar-refractivity contribution in [2.45, 2.75) is 71.5 Å². The van der Waals surface area contributed by atoms with Gasteiger partial charge in [0.05, 0.1) is 4.70 Å². The molecule has 5 heterocycles. The van der Waals surface area contributed by atoms with Gasteiger partial charge in [-0.1, -0.05) is 30.8 Å². The van der Waals surface area contributed by atoms with Gasteiger partial charge in [-0.3, -0.25) is 0 Å². The van der Waals surface area contributed by atoms with Crippen LogP contribution in [-0.2, 0) is 11.2 Å². The van der Waals surface area contributed by atoms with E-state index in [-0.39, 0.29) is 12.2 Å². The third-order valence-corrected chi connectivity index (χ3v) is 7.56. The normalized spacial score (nSPS) is 17.0. The van der Waals surface area contributed by atoms with Gasteiger partial charge >= 0.3 is 6.09 Å². The molecule has 10 heteroatoms. The van der Waals surface area contributed by atoms with E-state index in [1.807, 2.05) is 39.4 Å². The van der Waals surface area contributed by atoms with Gasteiger partial charge in [0.1, 0.15) is 11.7 Å². The zero-order valence-corrected chi connectivity index (χ0v) is 23.5. The summed E-state index contributed by atoms with van der Waals surface area (Å²) in [4.78, 5) is 34.6. The van der Waals surface area contributed by atoms with Gasteiger partial charge in [-0.15, -0.1) is 0 Å². The lowest BCUT2D eigenvalue weighted by atomic mass is 10.0. The van der Waals surface area contributed by atoms with Crippen molar-refractivity contribution in [1.82, 2.24) is 24.8 Å². The largest absolute Gasteiger partial charge is 0.467 e. The van der Waals surface area contributed by atoms with Crippen molar-refractivity contribution in [3.63, 3.8) is 0 Å². The first-order valence-electron chi connectivity index (χ1n) is 13.4. The highest BCUT2D eigenvalue weighted by Crippen LogP contribution is 2.32. The van der Waals surface area contributed by atoms with E-state index in [9.17, 15) is 4.79 Å². The molecule has 0 unspecified atom stereocenters. The highest BCUT2D eigenvalue weighted by Gasteiger charge is 2.25. The minimum Gasteiger partial charge on any atom is -0.467 e. The molecule has 38 heavy (non-hydrogen) atoms. The summed E-state index contributed by atoms with van der Waals surface area (Å²) in [5.74, 6) is 0.797. The smallest absolute Gasteiger partial charge is 0.410 e. The van der Waals surface area contributed by atoms with Crippen LogP contribution in [0, 0.1) is 0 Å². The summed E-state index contributed by atoms with van der Waals surface area (Å²) in [5, 5.41) is 0.664. The van der Waals surface area contributed by atoms with Crippen molar-refractivity contribution in [2.24, 2.45) is 0 Å². The van der Waals surface area contributed by atoms with Gasteiger partial charge in [0.2, 0.25) is 5.95 Å². The van der Waals surface area contributed by atoms with Crippen LogP contribution in [0.5, 0.6) is 5.19 Å². The van der Waals surface area contributed by atoms with E-state index >= 15 is 0 Å². The summed E-state index contributed by atoms with van der Waals surface area (Å²) < 4.78 is 12.8. The number of carbonyl (C=O) groups is 1. The molecule has 3 aromatic rings. The Labute approximate surface area is 227 Å². The van der Waals surface area contributed by atoms with Crippen LogP contribution in [0.25, 0.3) is 15.9 Å². The van der Waals surface area contributed by atoms with E-state index in [0.29, 0.717) is 23.9 Å². The van der Waals surface area contributed by atoms with Crippen molar-refractivity contribution in [1.29, 1.82) is 0 Å². The zero-order valence-electron chi connectivity index (χ0n) is 22.6. The maximum absolute atomic E-state index is 12.4. The first-order chi connectivity index (χ1) is 18.3. The predicted molar refractivity (Wildman–Crippen MR) is 150 cm³/mol. The lowest BCUT2D eigenvalue weighted by molar-refractivity contribution is 0.0270. The zero-order chi connectivity index (χ0) is 26.7. The van der Waals surface area contributed by atoms with Crippen molar-refractivity contribution in [2.75, 3.05) is 31.1 Å². The van der Waals surface area contributed by atoms with Gasteiger partial charge in [-0.05, 0) is 56.4 Å². The van der Waals surface area contributed by atoms with Gasteiger partial charge in [-0.25, -0.2) is 19.7 Å². The number of hydrogen-bond acceptors (Lipinski definition) is 9. The number of aryl methyl sites for hydroxylation is 1. The third kappa shape index (κ3) is 6.40. The van der Waals surface area contributed by atoms with Gasteiger partial charge in [-0.2, -0.15) is 4.98 Å². The third-order valence-electron chi connectivity index (χ3n) is 6.68. The quantitative estimate of drug-likeness (QED) is 0.407. The summed E-state index contributed by atoms with van der Waals surface area (Å²) in [6.07, 6.45) is 12.4. The van der Waals surface area contributed by atoms with Crippen LogP contribution >= 0.6 is 11.3 Å². The van der Waals surface area contributed by atoms with Crippen molar-refractivity contribution in [3.8, 4) is 5.19 Å². The van der Waals surface area contributed by atoms with Crippen LogP contribution in [-0.4, -0.2) is 68.8 Å². The maximum Gasteiger partial charge on any atom is 0.410 e. The predicted octanol–water partition coefficient (Wildman–Crippen LogP) is 5.51. The molecule has 0 saturated carbocycles. The van der Waals surface area contributed by atoms with E-state index in [4.69, 9.17) is 9.47 Å². The Balaban J connectivity index is 1.17. The Morgan fingerprint density at radius 3 is 2.53 bits per heavy atom. The molecular weight excluding hydrogens is 500 g/mol. The minimum absolute atomic E-state index is 0.116.